The molecule has 25 heavy (non-hydrogen) atoms. The van der Waals surface area contributed by atoms with Crippen LogP contribution in [0, 0.1) is 0 Å². The number of hydrogen-bond acceptors (Lipinski definition) is 2. The Morgan fingerprint density at radius 3 is 1.88 bits per heavy atom. The van der Waals surface area contributed by atoms with Gasteiger partial charge in [0.1, 0.15) is 0 Å². The van der Waals surface area contributed by atoms with Gasteiger partial charge in [0.05, 0.1) is 6.26 Å². The van der Waals surface area contributed by atoms with Crippen LogP contribution >= 0.6 is 22.2 Å². The third-order valence-corrected chi connectivity index (χ3v) is 7.55. The minimum absolute atomic E-state index is 0.0202. The van der Waals surface area contributed by atoms with Gasteiger partial charge in [-0.25, -0.2) is 0 Å². The molecule has 0 bridgehead atoms. The summed E-state index contributed by atoms with van der Waals surface area (Å²) in [5.41, 5.74) is 0. The highest BCUT2D eigenvalue weighted by atomic mass is 32.2. The van der Waals surface area contributed by atoms with Gasteiger partial charge in [0, 0.05) is 26.1 Å². The van der Waals surface area contributed by atoms with E-state index in [-0.39, 0.29) is 10.5 Å². The van der Waals surface area contributed by atoms with Crippen LogP contribution in [0.5, 0.6) is 0 Å². The van der Waals surface area contributed by atoms with E-state index >= 15 is 0 Å². The Morgan fingerprint density at radius 2 is 1.28 bits per heavy atom. The van der Waals surface area contributed by atoms with E-state index < -0.39 is 0 Å². The molecule has 3 aromatic carbocycles. The lowest BCUT2D eigenvalue weighted by Gasteiger charge is -1.98. The highest BCUT2D eigenvalue weighted by molar-refractivity contribution is 7.99. The number of rotatable bonds is 3. The smallest absolute Gasteiger partial charge is 0.187 e. The second-order valence-electron chi connectivity index (χ2n) is 5.80. The lowest BCUT2D eigenvalue weighted by molar-refractivity contribution is 0.474. The molecule has 0 spiro atoms. The molecule has 0 radical (unpaired) electrons. The average molecular weight is 359 g/mol. The summed E-state index contributed by atoms with van der Waals surface area (Å²) in [6, 6.07) is 30.4. The highest BCUT2D eigenvalue weighted by Crippen LogP contribution is 2.48. The molecule has 0 N–H and O–H groups in total. The molecule has 1 nitrogen and oxygen atoms in total. The summed E-state index contributed by atoms with van der Waals surface area (Å²) in [5, 5.41) is 3.66. The van der Waals surface area contributed by atoms with E-state index in [1.807, 2.05) is 12.1 Å². The summed E-state index contributed by atoms with van der Waals surface area (Å²) in [6.45, 7) is 0. The Bertz CT molecular complexity index is 1100. The van der Waals surface area contributed by atoms with Crippen molar-refractivity contribution in [3.63, 3.8) is 0 Å². The molecule has 120 valence electrons. The molecular weight excluding hydrogens is 344 g/mol. The van der Waals surface area contributed by atoms with Crippen LogP contribution in [0.25, 0.3) is 25.1 Å². The molecule has 0 fully saturated rings. The monoisotopic (exact) mass is 359 g/mol. The zero-order chi connectivity index (χ0) is 16.6. The van der Waals surface area contributed by atoms with E-state index in [1.165, 1.54) is 30.0 Å². The Kier molecular flexibility index (Phi) is 3.62. The minimum atomic E-state index is -0.0202. The largest absolute Gasteiger partial charge is 0.458 e. The summed E-state index contributed by atoms with van der Waals surface area (Å²) < 4.78 is 8.28. The highest BCUT2D eigenvalue weighted by Gasteiger charge is 2.22. The topological polar surface area (TPSA) is 13.1 Å². The molecule has 0 aliphatic rings. The fourth-order valence-electron chi connectivity index (χ4n) is 3.19. The van der Waals surface area contributed by atoms with Crippen molar-refractivity contribution in [2.24, 2.45) is 0 Å². The molecule has 0 aliphatic heterocycles. The van der Waals surface area contributed by atoms with Crippen molar-refractivity contribution in [2.75, 3.05) is 0 Å². The number of thiophene rings is 1. The molecule has 0 atom stereocenters. The van der Waals surface area contributed by atoms with Gasteiger partial charge in [-0.1, -0.05) is 36.0 Å². The second-order valence-corrected chi connectivity index (χ2v) is 8.85. The molecular formula is C22H15OS2+. The molecule has 2 aromatic heterocycles. The summed E-state index contributed by atoms with van der Waals surface area (Å²) >= 11 is 1.65. The van der Waals surface area contributed by atoms with E-state index in [2.05, 4.69) is 72.8 Å². The van der Waals surface area contributed by atoms with Crippen LogP contribution in [0.1, 0.15) is 0 Å². The van der Waals surface area contributed by atoms with Gasteiger partial charge in [0.15, 0.2) is 19.4 Å². The lowest BCUT2D eigenvalue weighted by Crippen LogP contribution is -1.73. The Morgan fingerprint density at radius 1 is 0.640 bits per heavy atom. The van der Waals surface area contributed by atoms with Gasteiger partial charge in [0.25, 0.3) is 0 Å². The molecule has 3 heteroatoms. The SMILES string of the molecule is c1coc(Sc2ccc(-[s+]3c4ccccc4c4ccccc43)cc2)c1. The number of benzene rings is 3. The third-order valence-electron chi connectivity index (χ3n) is 4.28. The van der Waals surface area contributed by atoms with Crippen molar-refractivity contribution in [3.8, 4) is 4.90 Å². The first-order valence-corrected chi connectivity index (χ1v) is 10.2. The van der Waals surface area contributed by atoms with Gasteiger partial charge >= 0.3 is 0 Å². The summed E-state index contributed by atoms with van der Waals surface area (Å²) in [5.74, 6) is 0. The van der Waals surface area contributed by atoms with E-state index in [9.17, 15) is 0 Å². The van der Waals surface area contributed by atoms with Crippen molar-refractivity contribution < 1.29 is 4.42 Å². The van der Waals surface area contributed by atoms with Gasteiger partial charge in [-0.15, -0.1) is 0 Å². The molecule has 5 aromatic rings. The first kappa shape index (κ1) is 14.8. The van der Waals surface area contributed by atoms with Crippen LogP contribution in [0.2, 0.25) is 0 Å². The average Bonchev–Trinajstić information content (AvgIpc) is 3.28. The first-order chi connectivity index (χ1) is 12.4. The van der Waals surface area contributed by atoms with Crippen LogP contribution in [0.4, 0.5) is 0 Å². The van der Waals surface area contributed by atoms with Crippen LogP contribution in [0.3, 0.4) is 0 Å². The van der Waals surface area contributed by atoms with Crippen molar-refractivity contribution >= 4 is 42.4 Å². The lowest BCUT2D eigenvalue weighted by atomic mass is 10.2. The molecule has 2 heterocycles. The summed E-state index contributed by atoms with van der Waals surface area (Å²) in [4.78, 5) is 2.56. The van der Waals surface area contributed by atoms with E-state index in [0.717, 1.165) is 5.09 Å². The maximum absolute atomic E-state index is 5.43. The standard InChI is InChI=1S/C22H15OS2/c1-3-8-20-18(6-1)19-7-2-4-9-21(19)25(20)17-13-11-16(12-14-17)24-22-10-5-15-23-22/h1-15H/q+1. The zero-order valence-electron chi connectivity index (χ0n) is 13.4. The van der Waals surface area contributed by atoms with Gasteiger partial charge in [0.2, 0.25) is 0 Å². The van der Waals surface area contributed by atoms with Crippen LogP contribution < -0.4 is 0 Å². The van der Waals surface area contributed by atoms with Crippen LogP contribution in [0.15, 0.2) is 106 Å². The van der Waals surface area contributed by atoms with Gasteiger partial charge in [-0.3, -0.25) is 0 Å². The van der Waals surface area contributed by atoms with E-state index in [0.29, 0.717) is 0 Å². The summed E-state index contributed by atoms with van der Waals surface area (Å²) in [7, 11) is -0.0202. The van der Waals surface area contributed by atoms with Crippen molar-refractivity contribution in [2.45, 2.75) is 9.99 Å². The normalized spacial score (nSPS) is 11.4. The second kappa shape index (κ2) is 6.10. The molecule has 0 amide bonds. The summed E-state index contributed by atoms with van der Waals surface area (Å²) in [6.07, 6.45) is 1.71. The molecule has 0 unspecified atom stereocenters. The Balaban J connectivity index is 1.65. The van der Waals surface area contributed by atoms with Crippen molar-refractivity contribution in [1.82, 2.24) is 0 Å². The predicted octanol–water partition coefficient (Wildman–Crippen LogP) is 7.48. The first-order valence-electron chi connectivity index (χ1n) is 8.14. The number of hydrogen-bond donors (Lipinski definition) is 0. The number of furan rings is 1. The predicted molar refractivity (Wildman–Crippen MR) is 108 cm³/mol. The molecule has 5 rings (SSSR count). The maximum Gasteiger partial charge on any atom is 0.187 e. The van der Waals surface area contributed by atoms with Crippen molar-refractivity contribution in [3.05, 3.63) is 91.2 Å². The van der Waals surface area contributed by atoms with Crippen LogP contribution in [-0.2, 0) is 0 Å². The quantitative estimate of drug-likeness (QED) is 0.310. The van der Waals surface area contributed by atoms with Gasteiger partial charge in [-0.05, 0) is 60.7 Å². The maximum atomic E-state index is 5.43. The van der Waals surface area contributed by atoms with E-state index in [1.54, 1.807) is 18.0 Å². The number of fused-ring (bicyclic) bond motifs is 3. The van der Waals surface area contributed by atoms with Gasteiger partial charge < -0.3 is 4.42 Å². The van der Waals surface area contributed by atoms with Crippen molar-refractivity contribution in [1.29, 1.82) is 0 Å². The Hall–Kier alpha value is -2.49. The molecule has 0 saturated heterocycles. The molecule has 0 aliphatic carbocycles. The van der Waals surface area contributed by atoms with Crippen LogP contribution in [-0.4, -0.2) is 0 Å². The third kappa shape index (κ3) is 2.56. The van der Waals surface area contributed by atoms with Gasteiger partial charge in [-0.2, -0.15) is 0 Å². The Labute approximate surface area is 152 Å². The fraction of sp³-hybridized carbons (Fsp3) is 0. The zero-order valence-corrected chi connectivity index (χ0v) is 15.0. The minimum Gasteiger partial charge on any atom is -0.458 e. The fourth-order valence-corrected chi connectivity index (χ4v) is 6.32. The molecule has 0 saturated carbocycles. The van der Waals surface area contributed by atoms with E-state index in [4.69, 9.17) is 4.42 Å².